The van der Waals surface area contributed by atoms with Gasteiger partial charge in [0.1, 0.15) is 6.54 Å². The van der Waals surface area contributed by atoms with Crippen molar-refractivity contribution in [1.29, 1.82) is 0 Å². The molecule has 3 aliphatic heterocycles. The van der Waals surface area contributed by atoms with Crippen molar-refractivity contribution in [3.8, 4) is 73.5 Å². The standard InChI is InChI=1S/C19H13N2.C18H12NS.C17H10NS.C12H11N2.C12H10N.C11H8N.C5H8O2.3CH4.2Ir/c1-3-9-15(10-4-1)19-20-17-13-7-8-14-18(17)21(19)16-11-5-2-6-12-16;1-2-7-16-13(5-1)14-9-8-12-11-19-10-4-3-6-15(19)17(12)18(14)20-16;1-2-10-16-12(6-1)13-7-5-8-14(17(13)19-16)15-9-3-4-11-18-15;1-9-6-7-14-8-10-4-2-3-5-11(10)12(14)13-9;1-2-6-11-10(5-1)9-13-8-4-3-7-12(11)13;1-2-6-10(7-3-1)11-8-4-5-9-12-11;1-4(6)3-5(2)7;;;;;/h1-9,11-14H;1-10H,11H2;1-7,9-11H;2-7H,8H2,1H3;1-8H,9H2;1-6,8-9H;3,6H,1-2H3;3*1H4;;/q-1;+1;-1;2*+1;-1;;;;;;/i;;;;1D,2D,3D,4D,5D,6D,7D;;;;;;;. The molecule has 11 heterocycles. The molecule has 10 nitrogen and oxygen atoms in total. The molecule has 0 saturated carbocycles. The van der Waals surface area contributed by atoms with Gasteiger partial charge in [0.2, 0.25) is 11.4 Å². The number of thiophene rings is 2. The predicted octanol–water partition coefficient (Wildman–Crippen LogP) is 23.0. The predicted molar refractivity (Wildman–Crippen MR) is 451 cm³/mol. The van der Waals surface area contributed by atoms with Crippen molar-refractivity contribution in [3.63, 3.8) is 0 Å². The van der Waals surface area contributed by atoms with Crippen molar-refractivity contribution in [2.45, 2.75) is 62.7 Å². The maximum Gasteiger partial charge on any atom is 0.331 e. The molecule has 0 saturated heterocycles. The summed E-state index contributed by atoms with van der Waals surface area (Å²) in [6.07, 6.45) is 10.5. The van der Waals surface area contributed by atoms with Gasteiger partial charge in [0.25, 0.3) is 0 Å². The third-order valence-electron chi connectivity index (χ3n) is 17.8. The maximum absolute atomic E-state index is 10.0. The Hall–Kier alpha value is -11.7. The number of fused-ring (bicyclic) bond motifs is 17. The number of hydrogen-bond acceptors (Lipinski definition) is 8. The second kappa shape index (κ2) is 38.6. The zero-order valence-corrected chi connectivity index (χ0v) is 65.3. The van der Waals surface area contributed by atoms with Gasteiger partial charge in [-0.25, -0.2) is 4.57 Å². The Morgan fingerprint density at radius 1 is 0.486 bits per heavy atom. The van der Waals surface area contributed by atoms with Crippen LogP contribution in [-0.4, -0.2) is 35.4 Å². The number of aliphatic hydroxyl groups excluding tert-OH is 1. The minimum absolute atomic E-state index is 0. The van der Waals surface area contributed by atoms with Gasteiger partial charge >= 0.3 is 5.82 Å². The molecule has 0 atom stereocenters. The number of imidazole rings is 1. The number of carbonyl (C=O) groups excluding carboxylic acids is 1. The number of hydrogen-bond donors (Lipinski definition) is 1. The van der Waals surface area contributed by atoms with Crippen LogP contribution in [0.25, 0.3) is 125 Å². The van der Waals surface area contributed by atoms with Crippen LogP contribution in [0.4, 0.5) is 0 Å². The van der Waals surface area contributed by atoms with E-state index in [-0.39, 0.29) is 134 Å². The van der Waals surface area contributed by atoms with E-state index < -0.39 is 0 Å². The molecule has 8 aromatic heterocycles. The van der Waals surface area contributed by atoms with Crippen molar-refractivity contribution >= 4 is 79.8 Å². The van der Waals surface area contributed by atoms with Crippen molar-refractivity contribution in [1.82, 2.24) is 24.5 Å². The molecule has 0 bridgehead atoms. The van der Waals surface area contributed by atoms with Gasteiger partial charge in [-0.15, -0.1) is 107 Å². The van der Waals surface area contributed by atoms with E-state index in [4.69, 9.17) is 19.7 Å². The van der Waals surface area contributed by atoms with E-state index in [1.807, 2.05) is 163 Å². The van der Waals surface area contributed by atoms with Crippen LogP contribution in [0.15, 0.2) is 346 Å². The number of allylic oxidation sites excluding steroid dienone is 2. The molecule has 0 unspecified atom stereocenters. The first-order chi connectivity index (χ1) is 55.1. The molecule has 3 aliphatic rings. The molecule has 0 spiro atoms. The fourth-order valence-electron chi connectivity index (χ4n) is 13.0. The zero-order valence-electron chi connectivity index (χ0n) is 65.8. The summed E-state index contributed by atoms with van der Waals surface area (Å²) in [6.45, 7) is 7.02. The molecule has 2 radical (unpaired) electrons. The second-order valence-corrected chi connectivity index (χ2v) is 27.1. The van der Waals surface area contributed by atoms with Gasteiger partial charge in [0.15, 0.2) is 37.0 Å². The van der Waals surface area contributed by atoms with Gasteiger partial charge in [0.05, 0.1) is 55.1 Å². The monoisotopic (exact) mass is 1850 g/mol. The smallest absolute Gasteiger partial charge is 0.331 e. The molecule has 10 aromatic carbocycles. The molecule has 21 rings (SSSR count). The molecule has 1 N–H and O–H groups in total. The van der Waals surface area contributed by atoms with Crippen LogP contribution in [0.5, 0.6) is 0 Å². The van der Waals surface area contributed by atoms with E-state index in [1.165, 1.54) is 94.4 Å². The summed E-state index contributed by atoms with van der Waals surface area (Å²) in [7, 11) is 0. The Bertz CT molecular complexity index is 6560. The number of para-hydroxylation sites is 3. The van der Waals surface area contributed by atoms with Gasteiger partial charge in [-0.05, 0) is 113 Å². The number of aliphatic hydroxyl groups is 1. The van der Waals surface area contributed by atoms with Crippen LogP contribution in [0.2, 0.25) is 0 Å². The average Bonchev–Trinajstić information content (AvgIpc) is 1.59. The van der Waals surface area contributed by atoms with E-state index in [0.717, 1.165) is 75.2 Å². The number of rotatable bonds is 5. The minimum atomic E-state index is -0.344. The van der Waals surface area contributed by atoms with Gasteiger partial charge in [-0.3, -0.25) is 9.78 Å². The van der Waals surface area contributed by atoms with E-state index in [1.54, 1.807) is 10.8 Å². The van der Waals surface area contributed by atoms with Crippen molar-refractivity contribution in [2.24, 2.45) is 0 Å². The summed E-state index contributed by atoms with van der Waals surface area (Å²) >= 11 is 3.73. The molecule has 111 heavy (non-hydrogen) atoms. The summed E-state index contributed by atoms with van der Waals surface area (Å²) < 4.78 is 68.2. The Labute approximate surface area is 695 Å². The van der Waals surface area contributed by atoms with E-state index >= 15 is 0 Å². The fraction of sp³-hybridized carbons (Fsp3) is 0.0928. The van der Waals surface area contributed by atoms with Crippen molar-refractivity contribution in [2.75, 3.05) is 0 Å². The van der Waals surface area contributed by atoms with Crippen LogP contribution in [0.3, 0.4) is 0 Å². The molecular formula is C97H84Ir2N8O2S2. The normalized spacial score (nSPS) is 11.9. The minimum Gasteiger partial charge on any atom is -0.512 e. The molecule has 14 heteroatoms. The summed E-state index contributed by atoms with van der Waals surface area (Å²) in [5, 5.41) is 13.7. The number of aryl methyl sites for hydroxylation is 1. The zero-order chi connectivity index (χ0) is 78.2. The number of nitrogens with zero attached hydrogens (tertiary/aromatic N) is 8. The van der Waals surface area contributed by atoms with Gasteiger partial charge in [-0.2, -0.15) is 20.5 Å². The summed E-state index contributed by atoms with van der Waals surface area (Å²) in [5.74, 6) is 1.95. The fourth-order valence-corrected chi connectivity index (χ4v) is 15.5. The quantitative estimate of drug-likeness (QED) is 0.0796. The Morgan fingerprint density at radius 2 is 1.09 bits per heavy atom. The number of aromatic nitrogens is 8. The number of benzene rings is 10. The Morgan fingerprint density at radius 3 is 1.79 bits per heavy atom. The molecule has 0 amide bonds. The summed E-state index contributed by atoms with van der Waals surface area (Å²) in [5.41, 5.74) is 17.2. The second-order valence-electron chi connectivity index (χ2n) is 25.0. The van der Waals surface area contributed by atoms with Crippen LogP contribution >= 0.6 is 22.7 Å². The average molecular weight is 1850 g/mol. The van der Waals surface area contributed by atoms with Crippen molar-refractivity contribution in [3.05, 3.63) is 387 Å². The van der Waals surface area contributed by atoms with E-state index in [2.05, 4.69) is 193 Å². The molecule has 0 aliphatic carbocycles. The first-order valence-corrected chi connectivity index (χ1v) is 36.2. The van der Waals surface area contributed by atoms with Crippen LogP contribution in [0, 0.1) is 25.1 Å². The molecule has 554 valence electrons. The topological polar surface area (TPSA) is 105 Å². The third-order valence-corrected chi connectivity index (χ3v) is 20.2. The largest absolute Gasteiger partial charge is 0.512 e. The summed E-state index contributed by atoms with van der Waals surface area (Å²) in [6, 6.07) is 97.3. The summed E-state index contributed by atoms with van der Waals surface area (Å²) in [4.78, 5) is 28.0. The third kappa shape index (κ3) is 18.6. The number of carbonyl (C=O) groups is 1. The molecular weight excluding hydrogens is 1760 g/mol. The first kappa shape index (κ1) is 72.2. The maximum atomic E-state index is 10.0. The van der Waals surface area contributed by atoms with Gasteiger partial charge in [0, 0.05) is 143 Å². The van der Waals surface area contributed by atoms with E-state index in [0.29, 0.717) is 5.56 Å². The Balaban J connectivity index is 0.000000147. The van der Waals surface area contributed by atoms with Crippen molar-refractivity contribution < 1.29 is 73.4 Å². The van der Waals surface area contributed by atoms with Crippen LogP contribution < -0.4 is 13.7 Å². The first-order valence-electron chi connectivity index (χ1n) is 38.0. The number of ketones is 1. The van der Waals surface area contributed by atoms with E-state index in [9.17, 15) is 4.79 Å². The van der Waals surface area contributed by atoms with Gasteiger partial charge < -0.3 is 19.6 Å². The molecule has 18 aromatic rings. The van der Waals surface area contributed by atoms with Crippen LogP contribution in [-0.2, 0) is 64.6 Å². The van der Waals surface area contributed by atoms with Gasteiger partial charge in [-0.1, -0.05) is 167 Å². The Kier molecular flexibility index (Phi) is 25.1. The number of pyridine rings is 4. The molecule has 0 fully saturated rings. The SMILES string of the molecule is C.C.C.CC(=O)C=C(C)O.Cc1cc[n+]2c(n1)-c1ccccc1C2.[2H]c1c[n+]2c(c([2H])c1[2H])-c1c([2H])c([2H])c([2H])c([2H])c1C2.[Ir].[Ir].[c-]1ccc2c(sc3ccccc32)c1-c1ccccn1.[c-]1ccccc1-c1ccccn1.[c-]1ccccc1-c1nc2ccccc2n1-c1ccccc1.c1cc[n+]2c(c1)-c1c(ccc3c1sc1ccccc13)C2. The van der Waals surface area contributed by atoms with Crippen LogP contribution in [0.1, 0.15) is 68.1 Å².